The second kappa shape index (κ2) is 6.83. The van der Waals surface area contributed by atoms with Crippen molar-refractivity contribution in [3.05, 3.63) is 69.9 Å². The molecule has 0 atom stereocenters. The van der Waals surface area contributed by atoms with Crippen molar-refractivity contribution in [1.29, 1.82) is 0 Å². The van der Waals surface area contributed by atoms with Gasteiger partial charge in [0, 0.05) is 22.9 Å². The van der Waals surface area contributed by atoms with Crippen molar-refractivity contribution in [3.8, 4) is 0 Å². The van der Waals surface area contributed by atoms with Gasteiger partial charge in [-0.1, -0.05) is 52.3 Å². The fourth-order valence-corrected chi connectivity index (χ4v) is 3.17. The van der Waals surface area contributed by atoms with Gasteiger partial charge in [0.05, 0.1) is 0 Å². The summed E-state index contributed by atoms with van der Waals surface area (Å²) in [5.41, 5.74) is 1.98. The molecule has 0 saturated heterocycles. The number of nitrogens with one attached hydrogen (secondary N) is 1. The molecule has 1 aliphatic carbocycles. The van der Waals surface area contributed by atoms with E-state index in [9.17, 15) is 9.18 Å². The van der Waals surface area contributed by atoms with Crippen molar-refractivity contribution < 1.29 is 9.18 Å². The van der Waals surface area contributed by atoms with E-state index in [1.807, 2.05) is 18.2 Å². The van der Waals surface area contributed by atoms with E-state index >= 15 is 0 Å². The molecule has 1 fully saturated rings. The van der Waals surface area contributed by atoms with Gasteiger partial charge in [-0.2, -0.15) is 0 Å². The van der Waals surface area contributed by atoms with Crippen LogP contribution in [0.4, 0.5) is 4.39 Å². The number of benzene rings is 2. The Labute approximate surface area is 144 Å². The third-order valence-electron chi connectivity index (χ3n) is 4.50. The predicted octanol–water partition coefficient (Wildman–Crippen LogP) is 4.37. The van der Waals surface area contributed by atoms with Crippen LogP contribution in [0.3, 0.4) is 0 Å². The van der Waals surface area contributed by atoms with Crippen molar-refractivity contribution >= 4 is 21.8 Å². The van der Waals surface area contributed by atoms with E-state index in [1.165, 1.54) is 11.6 Å². The van der Waals surface area contributed by atoms with Gasteiger partial charge in [-0.05, 0) is 42.5 Å². The lowest BCUT2D eigenvalue weighted by molar-refractivity contribution is -0.121. The monoisotopic (exact) mass is 375 g/mol. The molecule has 0 aromatic heterocycles. The molecule has 120 valence electrons. The molecule has 1 N–H and O–H groups in total. The average Bonchev–Trinajstić information content (AvgIpc) is 3.34. The van der Waals surface area contributed by atoms with Gasteiger partial charge in [-0.3, -0.25) is 4.79 Å². The molecule has 2 aromatic rings. The summed E-state index contributed by atoms with van der Waals surface area (Å²) >= 11 is 3.23. The van der Waals surface area contributed by atoms with Crippen LogP contribution in [0.25, 0.3) is 0 Å². The highest BCUT2D eigenvalue weighted by molar-refractivity contribution is 9.10. The highest BCUT2D eigenvalue weighted by atomic mass is 79.9. The highest BCUT2D eigenvalue weighted by Crippen LogP contribution is 2.47. The summed E-state index contributed by atoms with van der Waals surface area (Å²) in [5, 5.41) is 3.01. The normalized spacial score (nSPS) is 15.2. The smallest absolute Gasteiger partial charge is 0.220 e. The minimum Gasteiger partial charge on any atom is -0.355 e. The number of hydrogen-bond donors (Lipinski definition) is 1. The fraction of sp³-hybridized carbons (Fsp3) is 0.316. The number of halogens is 2. The Balaban J connectivity index is 1.50. The van der Waals surface area contributed by atoms with Gasteiger partial charge in [0.2, 0.25) is 5.91 Å². The van der Waals surface area contributed by atoms with E-state index in [4.69, 9.17) is 0 Å². The lowest BCUT2D eigenvalue weighted by Gasteiger charge is -2.16. The van der Waals surface area contributed by atoms with Crippen molar-refractivity contribution in [2.75, 3.05) is 6.54 Å². The van der Waals surface area contributed by atoms with E-state index in [0.29, 0.717) is 29.4 Å². The van der Waals surface area contributed by atoms with E-state index in [0.717, 1.165) is 12.8 Å². The molecule has 2 aromatic carbocycles. The Morgan fingerprint density at radius 2 is 1.91 bits per heavy atom. The lowest BCUT2D eigenvalue weighted by atomic mass is 9.96. The van der Waals surface area contributed by atoms with Crippen LogP contribution in [-0.2, 0) is 16.6 Å². The zero-order chi connectivity index (χ0) is 16.3. The standard InChI is InChI=1S/C19H19BrFNO/c20-16-8-6-14(17(21)12-16)7-9-18(23)22-13-19(10-11-19)15-4-2-1-3-5-15/h1-6,8,12H,7,9-11,13H2,(H,22,23). The Hall–Kier alpha value is -1.68. The maximum atomic E-state index is 13.7. The van der Waals surface area contributed by atoms with Crippen molar-refractivity contribution in [1.82, 2.24) is 5.32 Å². The number of carbonyl (C=O) groups is 1. The molecular weight excluding hydrogens is 357 g/mol. The molecular formula is C19H19BrFNO. The van der Waals surface area contributed by atoms with Crippen LogP contribution in [0.15, 0.2) is 53.0 Å². The first-order valence-corrected chi connectivity index (χ1v) is 8.65. The number of rotatable bonds is 6. The van der Waals surface area contributed by atoms with Crippen LogP contribution in [0.1, 0.15) is 30.4 Å². The third-order valence-corrected chi connectivity index (χ3v) is 4.99. The second-order valence-corrected chi connectivity index (χ2v) is 7.07. The molecule has 4 heteroatoms. The summed E-state index contributed by atoms with van der Waals surface area (Å²) in [6.07, 6.45) is 2.95. The van der Waals surface area contributed by atoms with Crippen LogP contribution >= 0.6 is 15.9 Å². The summed E-state index contributed by atoms with van der Waals surface area (Å²) in [4.78, 5) is 12.1. The van der Waals surface area contributed by atoms with Crippen molar-refractivity contribution in [2.24, 2.45) is 0 Å². The minimum absolute atomic E-state index is 0.0190. The largest absolute Gasteiger partial charge is 0.355 e. The average molecular weight is 376 g/mol. The minimum atomic E-state index is -0.268. The SMILES string of the molecule is O=C(CCc1ccc(Br)cc1F)NCC1(c2ccccc2)CC1. The highest BCUT2D eigenvalue weighted by Gasteiger charge is 2.44. The molecule has 0 heterocycles. The first-order chi connectivity index (χ1) is 11.1. The zero-order valence-corrected chi connectivity index (χ0v) is 14.4. The molecule has 0 aliphatic heterocycles. The number of carbonyl (C=O) groups excluding carboxylic acids is 1. The zero-order valence-electron chi connectivity index (χ0n) is 12.8. The van der Waals surface area contributed by atoms with Gasteiger partial charge in [0.15, 0.2) is 0 Å². The molecule has 0 unspecified atom stereocenters. The molecule has 1 saturated carbocycles. The Morgan fingerprint density at radius 1 is 1.17 bits per heavy atom. The third kappa shape index (κ3) is 3.99. The van der Waals surface area contributed by atoms with Gasteiger partial charge in [-0.25, -0.2) is 4.39 Å². The first-order valence-electron chi connectivity index (χ1n) is 7.85. The lowest BCUT2D eigenvalue weighted by Crippen LogP contribution is -2.32. The van der Waals surface area contributed by atoms with Crippen LogP contribution in [0.5, 0.6) is 0 Å². The summed E-state index contributed by atoms with van der Waals surface area (Å²) in [7, 11) is 0. The summed E-state index contributed by atoms with van der Waals surface area (Å²) in [5.74, 6) is -0.287. The maximum absolute atomic E-state index is 13.7. The number of hydrogen-bond acceptors (Lipinski definition) is 1. The molecule has 23 heavy (non-hydrogen) atoms. The molecule has 1 aliphatic rings. The Morgan fingerprint density at radius 3 is 2.57 bits per heavy atom. The predicted molar refractivity (Wildman–Crippen MR) is 92.8 cm³/mol. The topological polar surface area (TPSA) is 29.1 Å². The molecule has 1 amide bonds. The molecule has 0 radical (unpaired) electrons. The quantitative estimate of drug-likeness (QED) is 0.797. The van der Waals surface area contributed by atoms with Gasteiger partial charge in [0.1, 0.15) is 5.82 Å². The number of amides is 1. The Bertz CT molecular complexity index is 698. The maximum Gasteiger partial charge on any atom is 0.220 e. The van der Waals surface area contributed by atoms with Crippen LogP contribution < -0.4 is 5.32 Å². The molecule has 0 spiro atoms. The van der Waals surface area contributed by atoms with Gasteiger partial charge in [0.25, 0.3) is 0 Å². The first kappa shape index (κ1) is 16.2. The fourth-order valence-electron chi connectivity index (χ4n) is 2.84. The molecule has 2 nitrogen and oxygen atoms in total. The summed E-state index contributed by atoms with van der Waals surface area (Å²) < 4.78 is 14.5. The molecule has 0 bridgehead atoms. The van der Waals surface area contributed by atoms with Crippen LogP contribution in [-0.4, -0.2) is 12.5 Å². The van der Waals surface area contributed by atoms with Crippen molar-refractivity contribution in [2.45, 2.75) is 31.1 Å². The number of aryl methyl sites for hydroxylation is 1. The van der Waals surface area contributed by atoms with E-state index in [2.05, 4.69) is 33.4 Å². The van der Waals surface area contributed by atoms with Gasteiger partial charge >= 0.3 is 0 Å². The van der Waals surface area contributed by atoms with Gasteiger partial charge in [-0.15, -0.1) is 0 Å². The summed E-state index contributed by atoms with van der Waals surface area (Å²) in [6, 6.07) is 15.3. The van der Waals surface area contributed by atoms with Crippen molar-refractivity contribution in [3.63, 3.8) is 0 Å². The second-order valence-electron chi connectivity index (χ2n) is 6.16. The van der Waals surface area contributed by atoms with E-state index in [-0.39, 0.29) is 17.1 Å². The van der Waals surface area contributed by atoms with E-state index < -0.39 is 0 Å². The summed E-state index contributed by atoms with van der Waals surface area (Å²) in [6.45, 7) is 0.665. The van der Waals surface area contributed by atoms with Crippen LogP contribution in [0, 0.1) is 5.82 Å². The van der Waals surface area contributed by atoms with E-state index in [1.54, 1.807) is 12.1 Å². The van der Waals surface area contributed by atoms with Gasteiger partial charge < -0.3 is 5.32 Å². The molecule has 3 rings (SSSR count). The van der Waals surface area contributed by atoms with Crippen LogP contribution in [0.2, 0.25) is 0 Å². The Kier molecular flexibility index (Phi) is 4.81.